The smallest absolute Gasteiger partial charge is 0.191 e. The van der Waals surface area contributed by atoms with Crippen molar-refractivity contribution < 1.29 is 4.74 Å². The Morgan fingerprint density at radius 2 is 2.11 bits per heavy atom. The Labute approximate surface area is 169 Å². The van der Waals surface area contributed by atoms with E-state index in [0.717, 1.165) is 24.7 Å². The molecule has 2 atom stereocenters. The molecule has 2 heterocycles. The molecule has 0 aromatic heterocycles. The minimum absolute atomic E-state index is 0.0109. The highest BCUT2D eigenvalue weighted by Crippen LogP contribution is 2.46. The first-order valence-electron chi connectivity index (χ1n) is 11.2. The molecule has 1 saturated heterocycles. The van der Waals surface area contributed by atoms with Crippen LogP contribution in [0.1, 0.15) is 63.5 Å². The number of fused-ring (bicyclic) bond motifs is 1. The maximum atomic E-state index is 6.50. The molecule has 0 radical (unpaired) electrons. The summed E-state index contributed by atoms with van der Waals surface area (Å²) < 4.78 is 6.50. The largest absolute Gasteiger partial charge is 0.487 e. The summed E-state index contributed by atoms with van der Waals surface area (Å²) in [5, 5.41) is 7.32. The molecule has 2 unspecified atom stereocenters. The van der Waals surface area contributed by atoms with Crippen molar-refractivity contribution in [2.24, 2.45) is 10.9 Å². The number of hydrogen-bond donors (Lipinski definition) is 2. The lowest BCUT2D eigenvalue weighted by atomic mass is 9.86. The van der Waals surface area contributed by atoms with Crippen LogP contribution in [-0.2, 0) is 0 Å². The second-order valence-corrected chi connectivity index (χ2v) is 8.84. The van der Waals surface area contributed by atoms with Crippen molar-refractivity contribution in [1.29, 1.82) is 0 Å². The predicted octanol–water partition coefficient (Wildman–Crippen LogP) is 3.72. The van der Waals surface area contributed by atoms with Crippen molar-refractivity contribution in [3.8, 4) is 5.75 Å². The van der Waals surface area contributed by atoms with Gasteiger partial charge in [0.25, 0.3) is 0 Å². The fourth-order valence-electron chi connectivity index (χ4n) is 5.27. The van der Waals surface area contributed by atoms with E-state index in [0.29, 0.717) is 5.92 Å². The van der Waals surface area contributed by atoms with Crippen molar-refractivity contribution in [3.63, 3.8) is 0 Å². The molecule has 1 spiro atoms. The van der Waals surface area contributed by atoms with Gasteiger partial charge in [0.1, 0.15) is 11.4 Å². The van der Waals surface area contributed by atoms with Gasteiger partial charge in [-0.1, -0.05) is 25.1 Å². The number of rotatable bonds is 5. The van der Waals surface area contributed by atoms with Gasteiger partial charge in [0, 0.05) is 32.1 Å². The molecule has 3 aliphatic rings. The molecule has 0 bridgehead atoms. The zero-order chi connectivity index (χ0) is 19.4. The lowest BCUT2D eigenvalue weighted by molar-refractivity contribution is 0.0396. The molecule has 1 aliphatic carbocycles. The highest BCUT2D eigenvalue weighted by Gasteiger charge is 2.43. The molecule has 2 N–H and O–H groups in total. The lowest BCUT2D eigenvalue weighted by Crippen LogP contribution is -2.47. The second-order valence-electron chi connectivity index (χ2n) is 8.84. The van der Waals surface area contributed by atoms with Crippen LogP contribution in [0.3, 0.4) is 0 Å². The van der Waals surface area contributed by atoms with Gasteiger partial charge < -0.3 is 20.3 Å². The van der Waals surface area contributed by atoms with E-state index in [9.17, 15) is 0 Å². The summed E-state index contributed by atoms with van der Waals surface area (Å²) >= 11 is 0. The van der Waals surface area contributed by atoms with Gasteiger partial charge in [-0.15, -0.1) is 0 Å². The third-order valence-corrected chi connectivity index (χ3v) is 6.71. The molecule has 0 amide bonds. The lowest BCUT2D eigenvalue weighted by Gasteiger charge is -2.40. The van der Waals surface area contributed by atoms with E-state index < -0.39 is 0 Å². The zero-order valence-corrected chi connectivity index (χ0v) is 17.5. The minimum Gasteiger partial charge on any atom is -0.487 e. The predicted molar refractivity (Wildman–Crippen MR) is 115 cm³/mol. The van der Waals surface area contributed by atoms with E-state index in [4.69, 9.17) is 4.74 Å². The number of nitrogens with one attached hydrogen (secondary N) is 2. The van der Waals surface area contributed by atoms with Gasteiger partial charge in [-0.3, -0.25) is 4.99 Å². The second kappa shape index (κ2) is 8.73. The fraction of sp³-hybridized carbons (Fsp3) is 0.696. The number of hydrogen-bond acceptors (Lipinski definition) is 3. The van der Waals surface area contributed by atoms with Gasteiger partial charge in [-0.05, 0) is 63.6 Å². The van der Waals surface area contributed by atoms with Gasteiger partial charge in [0.2, 0.25) is 0 Å². The topological polar surface area (TPSA) is 48.9 Å². The Kier molecular flexibility index (Phi) is 6.10. The summed E-state index contributed by atoms with van der Waals surface area (Å²) in [4.78, 5) is 7.11. The van der Waals surface area contributed by atoms with Gasteiger partial charge in [-0.2, -0.15) is 0 Å². The van der Waals surface area contributed by atoms with Gasteiger partial charge in [0.15, 0.2) is 5.96 Å². The summed E-state index contributed by atoms with van der Waals surface area (Å²) in [5.74, 6) is 2.69. The molecular formula is C23H36N4O. The van der Waals surface area contributed by atoms with Gasteiger partial charge in [0.05, 0.1) is 6.04 Å². The Bertz CT molecular complexity index is 683. The van der Waals surface area contributed by atoms with Crippen molar-refractivity contribution in [3.05, 3.63) is 29.8 Å². The minimum atomic E-state index is 0.0109. The summed E-state index contributed by atoms with van der Waals surface area (Å²) in [6.07, 6.45) is 8.44. The number of ether oxygens (including phenoxy) is 1. The summed E-state index contributed by atoms with van der Waals surface area (Å²) in [7, 11) is 1.88. The number of benzene rings is 1. The zero-order valence-electron chi connectivity index (χ0n) is 17.5. The van der Waals surface area contributed by atoms with E-state index in [1.54, 1.807) is 0 Å². The summed E-state index contributed by atoms with van der Waals surface area (Å²) in [5.41, 5.74) is 1.27. The molecule has 1 aromatic carbocycles. The molecule has 2 fully saturated rings. The number of nitrogens with zero attached hydrogens (tertiary/aromatic N) is 2. The molecule has 1 aromatic rings. The van der Waals surface area contributed by atoms with Crippen molar-refractivity contribution in [2.45, 2.75) is 63.5 Å². The van der Waals surface area contributed by atoms with Crippen LogP contribution in [0.25, 0.3) is 0 Å². The van der Waals surface area contributed by atoms with Crippen LogP contribution >= 0.6 is 0 Å². The maximum absolute atomic E-state index is 6.50. The van der Waals surface area contributed by atoms with Crippen LogP contribution in [0.5, 0.6) is 5.75 Å². The molecule has 5 nitrogen and oxygen atoms in total. The van der Waals surface area contributed by atoms with Crippen molar-refractivity contribution in [1.82, 2.24) is 15.5 Å². The SMILES string of the molecule is CCCN1CCC(CNC(=NC)NC2CC3(CCCC3)Oc3ccccc32)C1. The van der Waals surface area contributed by atoms with E-state index in [1.165, 1.54) is 63.7 Å². The average molecular weight is 385 g/mol. The number of aliphatic imine (C=N–C) groups is 1. The molecule has 28 heavy (non-hydrogen) atoms. The number of guanidine groups is 1. The van der Waals surface area contributed by atoms with E-state index in [2.05, 4.69) is 51.7 Å². The average Bonchev–Trinajstić information content (AvgIpc) is 3.35. The third-order valence-electron chi connectivity index (χ3n) is 6.71. The molecular weight excluding hydrogens is 348 g/mol. The first kappa shape index (κ1) is 19.6. The van der Waals surface area contributed by atoms with Crippen LogP contribution < -0.4 is 15.4 Å². The number of para-hydroxylation sites is 1. The Balaban J connectivity index is 1.39. The molecule has 154 valence electrons. The van der Waals surface area contributed by atoms with Crippen molar-refractivity contribution in [2.75, 3.05) is 33.2 Å². The molecule has 2 aliphatic heterocycles. The normalized spacial score (nSPS) is 26.9. The Hall–Kier alpha value is -1.75. The maximum Gasteiger partial charge on any atom is 0.191 e. The molecule has 5 heteroatoms. The highest BCUT2D eigenvalue weighted by molar-refractivity contribution is 5.80. The van der Waals surface area contributed by atoms with E-state index in [-0.39, 0.29) is 11.6 Å². The van der Waals surface area contributed by atoms with Crippen LogP contribution in [0, 0.1) is 5.92 Å². The van der Waals surface area contributed by atoms with Crippen LogP contribution in [0.2, 0.25) is 0 Å². The van der Waals surface area contributed by atoms with E-state index >= 15 is 0 Å². The third kappa shape index (κ3) is 4.29. The monoisotopic (exact) mass is 384 g/mol. The standard InChI is InChI=1S/C23H36N4O/c1-3-13-27-14-10-18(17-27)16-25-22(24-2)26-20-15-23(11-6-7-12-23)28-21-9-5-4-8-19(20)21/h4-5,8-9,18,20H,3,6-7,10-17H2,1-2H3,(H2,24,25,26). The molecule has 1 saturated carbocycles. The highest BCUT2D eigenvalue weighted by atomic mass is 16.5. The molecule has 4 rings (SSSR count). The fourth-order valence-corrected chi connectivity index (χ4v) is 5.27. The quantitative estimate of drug-likeness (QED) is 0.600. The Morgan fingerprint density at radius 3 is 2.89 bits per heavy atom. The first-order chi connectivity index (χ1) is 13.7. The van der Waals surface area contributed by atoms with Crippen LogP contribution in [-0.4, -0.2) is 49.7 Å². The summed E-state index contributed by atoms with van der Waals surface area (Å²) in [6.45, 7) is 6.93. The summed E-state index contributed by atoms with van der Waals surface area (Å²) in [6, 6.07) is 8.77. The Morgan fingerprint density at radius 1 is 1.29 bits per heavy atom. The van der Waals surface area contributed by atoms with Gasteiger partial charge in [-0.25, -0.2) is 0 Å². The van der Waals surface area contributed by atoms with Crippen LogP contribution in [0.4, 0.5) is 0 Å². The first-order valence-corrected chi connectivity index (χ1v) is 11.2. The van der Waals surface area contributed by atoms with Gasteiger partial charge >= 0.3 is 0 Å². The number of likely N-dealkylation sites (tertiary alicyclic amines) is 1. The van der Waals surface area contributed by atoms with Crippen LogP contribution in [0.15, 0.2) is 29.3 Å². The van der Waals surface area contributed by atoms with Crippen molar-refractivity contribution >= 4 is 5.96 Å². The van der Waals surface area contributed by atoms with E-state index in [1.807, 2.05) is 7.05 Å².